The van der Waals surface area contributed by atoms with E-state index in [1.54, 1.807) is 6.92 Å². The lowest BCUT2D eigenvalue weighted by Crippen LogP contribution is -2.44. The Labute approximate surface area is 73.6 Å². The van der Waals surface area contributed by atoms with Gasteiger partial charge in [-0.1, -0.05) is 0 Å². The Bertz CT molecular complexity index is 203. The lowest BCUT2D eigenvalue weighted by molar-refractivity contribution is -0.885. The third-order valence-electron chi connectivity index (χ3n) is 1.71. The minimum absolute atomic E-state index is 0.339. The van der Waals surface area contributed by atoms with Gasteiger partial charge in [-0.2, -0.15) is 0 Å². The summed E-state index contributed by atoms with van der Waals surface area (Å²) in [4.78, 5) is 10.5. The van der Waals surface area contributed by atoms with E-state index >= 15 is 0 Å². The highest BCUT2D eigenvalue weighted by Gasteiger charge is 2.22. The summed E-state index contributed by atoms with van der Waals surface area (Å²) in [7, 11) is 3.86. The zero-order chi connectivity index (χ0) is 9.78. The fraction of sp³-hybridized carbons (Fsp3) is 0.667. The number of carboxylic acid groups (broad SMARTS) is 1. The van der Waals surface area contributed by atoms with Gasteiger partial charge in [0.1, 0.15) is 12.5 Å². The molecule has 68 valence electrons. The molecule has 0 aromatic carbocycles. The number of carbonyl (C=O) groups is 1. The van der Waals surface area contributed by atoms with E-state index in [-0.39, 0.29) is 5.92 Å². The maximum absolute atomic E-state index is 10.5. The average Bonchev–Trinajstić information content (AvgIpc) is 1.85. The molecular weight excluding hydrogens is 154 g/mol. The second kappa shape index (κ2) is 4.13. The number of hydrogen-bond acceptors (Lipinski definition) is 1. The predicted molar refractivity (Wildman–Crippen MR) is 47.5 cm³/mol. The van der Waals surface area contributed by atoms with Crippen LogP contribution in [0.1, 0.15) is 6.92 Å². The van der Waals surface area contributed by atoms with Crippen LogP contribution in [0.2, 0.25) is 0 Å². The van der Waals surface area contributed by atoms with Gasteiger partial charge in [0.15, 0.2) is 0 Å². The summed E-state index contributed by atoms with van der Waals surface area (Å²) < 4.78 is 0.559. The van der Waals surface area contributed by atoms with Gasteiger partial charge in [0.05, 0.1) is 20.6 Å². The Hall–Kier alpha value is -1.01. The van der Waals surface area contributed by atoms with Crippen LogP contribution in [0.5, 0.6) is 0 Å². The second-order valence-corrected chi connectivity index (χ2v) is 3.72. The molecule has 0 radical (unpaired) electrons. The van der Waals surface area contributed by atoms with E-state index in [1.165, 1.54) is 0 Å². The highest BCUT2D eigenvalue weighted by atomic mass is 16.4. The van der Waals surface area contributed by atoms with Crippen molar-refractivity contribution in [2.24, 2.45) is 5.92 Å². The van der Waals surface area contributed by atoms with Crippen LogP contribution in [-0.2, 0) is 4.79 Å². The highest BCUT2D eigenvalue weighted by molar-refractivity contribution is 5.69. The third kappa shape index (κ3) is 3.99. The molecule has 0 heterocycles. The van der Waals surface area contributed by atoms with Crippen LogP contribution in [0.4, 0.5) is 0 Å². The van der Waals surface area contributed by atoms with Crippen molar-refractivity contribution in [1.82, 2.24) is 0 Å². The minimum atomic E-state index is -0.766. The first-order valence-corrected chi connectivity index (χ1v) is 3.87. The Morgan fingerprint density at radius 3 is 2.50 bits per heavy atom. The first kappa shape index (κ1) is 11.0. The van der Waals surface area contributed by atoms with Crippen LogP contribution in [0.15, 0.2) is 0 Å². The molecule has 0 aliphatic rings. The number of aliphatic carboxylic acids is 1. The lowest BCUT2D eigenvalue weighted by atomic mass is 10.1. The number of nitrogens with zero attached hydrogens (tertiary/aromatic N) is 1. The van der Waals surface area contributed by atoms with E-state index in [0.717, 1.165) is 0 Å². The second-order valence-electron chi connectivity index (χ2n) is 3.72. The quantitative estimate of drug-likeness (QED) is 0.490. The summed E-state index contributed by atoms with van der Waals surface area (Å²) in [6.07, 6.45) is 5.15. The summed E-state index contributed by atoms with van der Waals surface area (Å²) >= 11 is 0. The molecule has 0 aromatic rings. The molecule has 1 atom stereocenters. The molecule has 0 fully saturated rings. The SMILES string of the molecule is C#CC[N+](C)(C)C[C@H](C)C(=O)O. The molecule has 0 saturated carbocycles. The van der Waals surface area contributed by atoms with E-state index < -0.39 is 5.97 Å². The van der Waals surface area contributed by atoms with Crippen molar-refractivity contribution in [3.05, 3.63) is 0 Å². The zero-order valence-electron chi connectivity index (χ0n) is 7.87. The monoisotopic (exact) mass is 170 g/mol. The maximum atomic E-state index is 10.5. The number of rotatable bonds is 4. The third-order valence-corrected chi connectivity index (χ3v) is 1.71. The van der Waals surface area contributed by atoms with E-state index in [4.69, 9.17) is 11.5 Å². The first-order chi connectivity index (χ1) is 5.39. The van der Waals surface area contributed by atoms with Crippen molar-refractivity contribution in [2.75, 3.05) is 27.2 Å². The van der Waals surface area contributed by atoms with Crippen LogP contribution in [-0.4, -0.2) is 42.7 Å². The Kier molecular flexibility index (Phi) is 3.78. The molecule has 0 unspecified atom stereocenters. The van der Waals surface area contributed by atoms with Gasteiger partial charge >= 0.3 is 5.97 Å². The van der Waals surface area contributed by atoms with Crippen LogP contribution in [0.3, 0.4) is 0 Å². The van der Waals surface area contributed by atoms with Gasteiger partial charge in [-0.25, -0.2) is 0 Å². The Morgan fingerprint density at radius 2 is 2.17 bits per heavy atom. The van der Waals surface area contributed by atoms with E-state index in [2.05, 4.69) is 5.92 Å². The summed E-state index contributed by atoms with van der Waals surface area (Å²) in [5.41, 5.74) is 0. The standard InChI is InChI=1S/C9H15NO2/c1-5-6-10(3,4)7-8(2)9(11)12/h1,8H,6-7H2,2-4H3/p+1/t8-/m0/s1. The number of quaternary nitrogens is 1. The van der Waals surface area contributed by atoms with Gasteiger partial charge in [0, 0.05) is 0 Å². The largest absolute Gasteiger partial charge is 0.481 e. The maximum Gasteiger partial charge on any atom is 0.311 e. The lowest BCUT2D eigenvalue weighted by Gasteiger charge is -2.28. The Balaban J connectivity index is 4.07. The van der Waals surface area contributed by atoms with E-state index in [0.29, 0.717) is 17.6 Å². The molecule has 0 aliphatic heterocycles. The molecule has 0 amide bonds. The average molecular weight is 170 g/mol. The van der Waals surface area contributed by atoms with Crippen LogP contribution < -0.4 is 0 Å². The molecule has 3 nitrogen and oxygen atoms in total. The van der Waals surface area contributed by atoms with Gasteiger partial charge in [-0.05, 0) is 12.8 Å². The molecule has 0 bridgehead atoms. The van der Waals surface area contributed by atoms with Gasteiger partial charge in [0.25, 0.3) is 0 Å². The van der Waals surface area contributed by atoms with Crippen molar-refractivity contribution < 1.29 is 14.4 Å². The van der Waals surface area contributed by atoms with Crippen LogP contribution in [0.25, 0.3) is 0 Å². The van der Waals surface area contributed by atoms with E-state index in [9.17, 15) is 4.79 Å². The normalized spacial score (nSPS) is 13.5. The first-order valence-electron chi connectivity index (χ1n) is 3.87. The van der Waals surface area contributed by atoms with Gasteiger partial charge in [-0.15, -0.1) is 6.42 Å². The topological polar surface area (TPSA) is 37.3 Å². The molecule has 0 spiro atoms. The summed E-state index contributed by atoms with van der Waals surface area (Å²) in [6, 6.07) is 0. The van der Waals surface area contributed by atoms with Gasteiger partial charge in [-0.3, -0.25) is 4.79 Å². The smallest absolute Gasteiger partial charge is 0.311 e. The molecule has 1 N–H and O–H groups in total. The fourth-order valence-electron chi connectivity index (χ4n) is 1.13. The van der Waals surface area contributed by atoms with Crippen LogP contribution >= 0.6 is 0 Å². The molecule has 0 saturated heterocycles. The molecule has 0 rings (SSSR count). The van der Waals surface area contributed by atoms with Crippen molar-refractivity contribution in [3.8, 4) is 12.3 Å². The molecule has 12 heavy (non-hydrogen) atoms. The fourth-order valence-corrected chi connectivity index (χ4v) is 1.13. The molecule has 0 aromatic heterocycles. The number of terminal acetylenes is 1. The van der Waals surface area contributed by atoms with Crippen LogP contribution in [0, 0.1) is 18.3 Å². The zero-order valence-corrected chi connectivity index (χ0v) is 7.87. The number of hydrogen-bond donors (Lipinski definition) is 1. The predicted octanol–water partition coefficient (Wildman–Crippen LogP) is 0.417. The van der Waals surface area contributed by atoms with E-state index in [1.807, 2.05) is 14.1 Å². The van der Waals surface area contributed by atoms with Crippen molar-refractivity contribution >= 4 is 5.97 Å². The number of carboxylic acids is 1. The molecule has 3 heteroatoms. The van der Waals surface area contributed by atoms with Crippen molar-refractivity contribution in [3.63, 3.8) is 0 Å². The summed E-state index contributed by atoms with van der Waals surface area (Å²) in [6.45, 7) is 2.83. The minimum Gasteiger partial charge on any atom is -0.481 e. The van der Waals surface area contributed by atoms with Crippen molar-refractivity contribution in [2.45, 2.75) is 6.92 Å². The highest BCUT2D eigenvalue weighted by Crippen LogP contribution is 2.04. The molecule has 0 aliphatic carbocycles. The summed E-state index contributed by atoms with van der Waals surface area (Å²) in [5, 5.41) is 8.65. The van der Waals surface area contributed by atoms with Crippen molar-refractivity contribution in [1.29, 1.82) is 0 Å². The summed E-state index contributed by atoms with van der Waals surface area (Å²) in [5.74, 6) is 1.43. The van der Waals surface area contributed by atoms with Gasteiger partial charge in [0.2, 0.25) is 0 Å². The molecular formula is C9H16NO2+. The van der Waals surface area contributed by atoms with Gasteiger partial charge < -0.3 is 9.59 Å². The Morgan fingerprint density at radius 1 is 1.67 bits per heavy atom.